The molecule has 4 atom stereocenters. The van der Waals surface area contributed by atoms with E-state index in [2.05, 4.69) is 6.07 Å². The Balaban J connectivity index is 1.63. The standard InChI is InChI=1S/C16H17NO5/c1-16(2)21-13-11(8-17)20-12(14(13)22-16)9-19-15(18)10-6-4-3-5-7-10/h3-7,11-14H,9H2,1-2H3. The van der Waals surface area contributed by atoms with Crippen LogP contribution in [-0.4, -0.2) is 42.8 Å². The highest BCUT2D eigenvalue weighted by Crippen LogP contribution is 2.38. The van der Waals surface area contributed by atoms with Crippen molar-refractivity contribution in [3.05, 3.63) is 35.9 Å². The zero-order chi connectivity index (χ0) is 15.7. The maximum atomic E-state index is 12.0. The van der Waals surface area contributed by atoms with Crippen molar-refractivity contribution in [2.24, 2.45) is 0 Å². The first kappa shape index (κ1) is 15.0. The van der Waals surface area contributed by atoms with E-state index in [4.69, 9.17) is 24.2 Å². The van der Waals surface area contributed by atoms with Gasteiger partial charge in [0.25, 0.3) is 0 Å². The van der Waals surface area contributed by atoms with E-state index in [9.17, 15) is 4.79 Å². The van der Waals surface area contributed by atoms with Crippen molar-refractivity contribution in [1.82, 2.24) is 0 Å². The van der Waals surface area contributed by atoms with E-state index < -0.39 is 36.2 Å². The molecule has 4 unspecified atom stereocenters. The minimum Gasteiger partial charge on any atom is -0.459 e. The van der Waals surface area contributed by atoms with Gasteiger partial charge in [-0.3, -0.25) is 0 Å². The van der Waals surface area contributed by atoms with Gasteiger partial charge in [0.1, 0.15) is 24.9 Å². The summed E-state index contributed by atoms with van der Waals surface area (Å²) in [5.74, 6) is -1.20. The molecule has 0 radical (unpaired) electrons. The number of esters is 1. The summed E-state index contributed by atoms with van der Waals surface area (Å²) in [4.78, 5) is 12.0. The Morgan fingerprint density at radius 2 is 1.95 bits per heavy atom. The van der Waals surface area contributed by atoms with E-state index in [1.807, 2.05) is 6.07 Å². The quantitative estimate of drug-likeness (QED) is 0.790. The fourth-order valence-electron chi connectivity index (χ4n) is 2.74. The maximum absolute atomic E-state index is 12.0. The van der Waals surface area contributed by atoms with Gasteiger partial charge in [0.2, 0.25) is 0 Å². The molecule has 6 nitrogen and oxygen atoms in total. The van der Waals surface area contributed by atoms with E-state index in [-0.39, 0.29) is 6.61 Å². The Hall–Kier alpha value is -1.94. The van der Waals surface area contributed by atoms with Crippen LogP contribution in [0.2, 0.25) is 0 Å². The number of nitrogens with zero attached hydrogens (tertiary/aromatic N) is 1. The molecule has 0 aromatic heterocycles. The summed E-state index contributed by atoms with van der Waals surface area (Å²) in [5, 5.41) is 9.14. The van der Waals surface area contributed by atoms with Gasteiger partial charge in [0, 0.05) is 0 Å². The highest BCUT2D eigenvalue weighted by atomic mass is 16.8. The zero-order valence-corrected chi connectivity index (χ0v) is 12.4. The number of hydrogen-bond acceptors (Lipinski definition) is 6. The highest BCUT2D eigenvalue weighted by molar-refractivity contribution is 5.89. The number of nitriles is 1. The van der Waals surface area contributed by atoms with E-state index in [0.717, 1.165) is 0 Å². The van der Waals surface area contributed by atoms with E-state index in [1.165, 1.54) is 0 Å². The first-order valence-corrected chi connectivity index (χ1v) is 7.13. The lowest BCUT2D eigenvalue weighted by Crippen LogP contribution is -2.33. The second kappa shape index (κ2) is 5.69. The Morgan fingerprint density at radius 3 is 2.64 bits per heavy atom. The predicted molar refractivity (Wildman–Crippen MR) is 74.8 cm³/mol. The maximum Gasteiger partial charge on any atom is 0.338 e. The number of ether oxygens (including phenoxy) is 4. The predicted octanol–water partition coefficient (Wildman–Crippen LogP) is 1.65. The molecule has 2 heterocycles. The first-order chi connectivity index (χ1) is 10.5. The minimum atomic E-state index is -0.768. The molecule has 3 rings (SSSR count). The summed E-state index contributed by atoms with van der Waals surface area (Å²) < 4.78 is 22.3. The van der Waals surface area contributed by atoms with Gasteiger partial charge in [0.15, 0.2) is 11.9 Å². The zero-order valence-electron chi connectivity index (χ0n) is 12.4. The summed E-state index contributed by atoms with van der Waals surface area (Å²) in [7, 11) is 0. The van der Waals surface area contributed by atoms with Crippen LogP contribution >= 0.6 is 0 Å². The lowest BCUT2D eigenvalue weighted by molar-refractivity contribution is -0.184. The highest BCUT2D eigenvalue weighted by Gasteiger charge is 2.55. The molecule has 6 heteroatoms. The smallest absolute Gasteiger partial charge is 0.338 e. The van der Waals surface area contributed by atoms with Gasteiger partial charge < -0.3 is 18.9 Å². The van der Waals surface area contributed by atoms with Crippen LogP contribution < -0.4 is 0 Å². The molecule has 0 amide bonds. The van der Waals surface area contributed by atoms with E-state index in [1.54, 1.807) is 38.1 Å². The van der Waals surface area contributed by atoms with Crippen molar-refractivity contribution in [3.63, 3.8) is 0 Å². The Labute approximate surface area is 128 Å². The van der Waals surface area contributed by atoms with Crippen molar-refractivity contribution in [2.45, 2.75) is 44.1 Å². The molecule has 0 aliphatic carbocycles. The molecule has 22 heavy (non-hydrogen) atoms. The number of benzene rings is 1. The number of hydrogen-bond donors (Lipinski definition) is 0. The molecule has 2 saturated heterocycles. The summed E-state index contributed by atoms with van der Waals surface area (Å²) >= 11 is 0. The molecule has 0 N–H and O–H groups in total. The van der Waals surface area contributed by atoms with Crippen LogP contribution in [0.25, 0.3) is 0 Å². The summed E-state index contributed by atoms with van der Waals surface area (Å²) in [6.07, 6.45) is -2.10. The molecule has 0 spiro atoms. The average molecular weight is 303 g/mol. The Kier molecular flexibility index (Phi) is 3.87. The molecular formula is C16H17NO5. The van der Waals surface area contributed by atoms with Gasteiger partial charge in [-0.1, -0.05) is 18.2 Å². The summed E-state index contributed by atoms with van der Waals surface area (Å²) in [6, 6.07) is 10.8. The van der Waals surface area contributed by atoms with Crippen molar-refractivity contribution in [3.8, 4) is 6.07 Å². The molecule has 1 aromatic carbocycles. The SMILES string of the molecule is CC1(C)OC2C(C#N)OC(COC(=O)c3ccccc3)C2O1. The molecular weight excluding hydrogens is 286 g/mol. The van der Waals surface area contributed by atoms with Gasteiger partial charge in [-0.25, -0.2) is 4.79 Å². The van der Waals surface area contributed by atoms with Crippen LogP contribution in [-0.2, 0) is 18.9 Å². The van der Waals surface area contributed by atoms with Crippen molar-refractivity contribution in [1.29, 1.82) is 5.26 Å². The number of carbonyl (C=O) groups is 1. The van der Waals surface area contributed by atoms with Gasteiger partial charge in [-0.05, 0) is 26.0 Å². The monoisotopic (exact) mass is 303 g/mol. The second-order valence-electron chi connectivity index (χ2n) is 5.75. The number of rotatable bonds is 3. The van der Waals surface area contributed by atoms with Gasteiger partial charge in [-0.15, -0.1) is 0 Å². The van der Waals surface area contributed by atoms with Crippen LogP contribution in [0.1, 0.15) is 24.2 Å². The number of carbonyl (C=O) groups excluding carboxylic acids is 1. The van der Waals surface area contributed by atoms with Crippen LogP contribution in [0.3, 0.4) is 0 Å². The molecule has 0 bridgehead atoms. The van der Waals surface area contributed by atoms with Gasteiger partial charge in [0.05, 0.1) is 11.6 Å². The third kappa shape index (κ3) is 2.83. The van der Waals surface area contributed by atoms with Crippen molar-refractivity contribution >= 4 is 5.97 Å². The molecule has 2 fully saturated rings. The average Bonchev–Trinajstić information content (AvgIpc) is 2.99. The summed E-state index contributed by atoms with van der Waals surface area (Å²) in [6.45, 7) is 3.59. The Bertz CT molecular complexity index is 594. The van der Waals surface area contributed by atoms with E-state index in [0.29, 0.717) is 5.56 Å². The molecule has 2 aliphatic rings. The lowest BCUT2D eigenvalue weighted by atomic mass is 10.1. The molecule has 1 aromatic rings. The van der Waals surface area contributed by atoms with Crippen LogP contribution in [0.4, 0.5) is 0 Å². The van der Waals surface area contributed by atoms with Crippen LogP contribution in [0.5, 0.6) is 0 Å². The third-order valence-electron chi connectivity index (χ3n) is 3.67. The fraction of sp³-hybridized carbons (Fsp3) is 0.500. The topological polar surface area (TPSA) is 77.8 Å². The fourth-order valence-corrected chi connectivity index (χ4v) is 2.74. The van der Waals surface area contributed by atoms with Gasteiger partial charge in [-0.2, -0.15) is 5.26 Å². The molecule has 0 saturated carbocycles. The van der Waals surface area contributed by atoms with Crippen LogP contribution in [0.15, 0.2) is 30.3 Å². The second-order valence-corrected chi connectivity index (χ2v) is 5.75. The van der Waals surface area contributed by atoms with Crippen molar-refractivity contribution in [2.75, 3.05) is 6.61 Å². The summed E-state index contributed by atoms with van der Waals surface area (Å²) in [5.41, 5.74) is 0.470. The first-order valence-electron chi connectivity index (χ1n) is 7.13. The molecule has 2 aliphatic heterocycles. The largest absolute Gasteiger partial charge is 0.459 e. The van der Waals surface area contributed by atoms with E-state index >= 15 is 0 Å². The normalized spacial score (nSPS) is 32.2. The third-order valence-corrected chi connectivity index (χ3v) is 3.67. The lowest BCUT2D eigenvalue weighted by Gasteiger charge is -2.22. The minimum absolute atomic E-state index is 0.0204. The Morgan fingerprint density at radius 1 is 1.27 bits per heavy atom. The van der Waals surface area contributed by atoms with Gasteiger partial charge >= 0.3 is 5.97 Å². The van der Waals surface area contributed by atoms with Crippen LogP contribution in [0, 0.1) is 11.3 Å². The van der Waals surface area contributed by atoms with Crippen molar-refractivity contribution < 1.29 is 23.7 Å². The molecule has 116 valence electrons. The number of fused-ring (bicyclic) bond motifs is 1.